The Morgan fingerprint density at radius 1 is 1.12 bits per heavy atom. The van der Waals surface area contributed by atoms with Gasteiger partial charge in [-0.25, -0.2) is 0 Å². The average Bonchev–Trinajstić information content (AvgIpc) is 2.68. The van der Waals surface area contributed by atoms with Gasteiger partial charge in [0.1, 0.15) is 0 Å². The van der Waals surface area contributed by atoms with Crippen molar-refractivity contribution in [1.29, 1.82) is 0 Å². The van der Waals surface area contributed by atoms with Crippen molar-refractivity contribution in [1.82, 2.24) is 0 Å². The molecule has 0 aromatic heterocycles. The quantitative estimate of drug-likeness (QED) is 0.735. The molecule has 0 bridgehead atoms. The van der Waals surface area contributed by atoms with Gasteiger partial charge in [-0.1, -0.05) is 30.5 Å². The molecule has 1 nitrogen and oxygen atoms in total. The normalized spacial score (nSPS) is 17.8. The second-order valence-electron chi connectivity index (χ2n) is 5.15. The van der Waals surface area contributed by atoms with Crippen LogP contribution in [0.2, 0.25) is 0 Å². The van der Waals surface area contributed by atoms with Crippen molar-refractivity contribution in [3.63, 3.8) is 0 Å². The Bertz CT molecular complexity index is 419. The Morgan fingerprint density at radius 2 is 1.65 bits per heavy atom. The van der Waals surface area contributed by atoms with Crippen molar-refractivity contribution in [3.8, 4) is 0 Å². The fraction of sp³-hybridized carbons (Fsp3) is 0.533. The van der Waals surface area contributed by atoms with Gasteiger partial charge in [0, 0.05) is 0 Å². The highest BCUT2D eigenvalue weighted by atomic mass is 31.1. The van der Waals surface area contributed by atoms with Gasteiger partial charge in [-0.2, -0.15) is 0 Å². The molecule has 0 radical (unpaired) electrons. The third kappa shape index (κ3) is 2.97. The molecule has 2 rings (SSSR count). The van der Waals surface area contributed by atoms with Crippen LogP contribution in [0.5, 0.6) is 0 Å². The third-order valence-electron chi connectivity index (χ3n) is 3.52. The molecule has 92 valence electrons. The molecule has 0 unspecified atom stereocenters. The molecule has 0 aliphatic heterocycles. The van der Waals surface area contributed by atoms with Crippen molar-refractivity contribution in [2.75, 3.05) is 0 Å². The van der Waals surface area contributed by atoms with Gasteiger partial charge in [0.15, 0.2) is 0 Å². The van der Waals surface area contributed by atoms with Gasteiger partial charge in [0.2, 0.25) is 0 Å². The summed E-state index contributed by atoms with van der Waals surface area (Å²) in [5, 5.41) is 12.3. The second-order valence-corrected chi connectivity index (χ2v) is 6.54. The van der Waals surface area contributed by atoms with E-state index in [4.69, 9.17) is 0 Å². The highest BCUT2D eigenvalue weighted by Gasteiger charge is 2.13. The lowest BCUT2D eigenvalue weighted by Crippen LogP contribution is -2.20. The summed E-state index contributed by atoms with van der Waals surface area (Å²) in [6.45, 7) is 6.19. The molecule has 0 heterocycles. The van der Waals surface area contributed by atoms with E-state index in [1.54, 1.807) is 0 Å². The predicted octanol–water partition coefficient (Wildman–Crippen LogP) is 3.34. The summed E-state index contributed by atoms with van der Waals surface area (Å²) in [7, 11) is 1.02. The molecule has 1 aromatic carbocycles. The van der Waals surface area contributed by atoms with Gasteiger partial charge in [-0.3, -0.25) is 0 Å². The van der Waals surface area contributed by atoms with Gasteiger partial charge >= 0.3 is 0 Å². The third-order valence-corrected chi connectivity index (χ3v) is 4.86. The summed E-state index contributed by atoms with van der Waals surface area (Å²) < 4.78 is 0. The van der Waals surface area contributed by atoms with Crippen LogP contribution in [0.1, 0.15) is 47.9 Å². The zero-order valence-corrected chi connectivity index (χ0v) is 11.8. The minimum absolute atomic E-state index is 0.326. The molecular weight excluding hydrogens is 227 g/mol. The van der Waals surface area contributed by atoms with Gasteiger partial charge in [-0.05, 0) is 56.0 Å². The van der Waals surface area contributed by atoms with Crippen LogP contribution in [-0.4, -0.2) is 11.1 Å². The maximum Gasteiger partial charge on any atom is -0.0000723 e. The standard InChI is InChI=1S/C15H21OP/c1-10-8-11(2)14(12(3)9-10)15(16)17-13-6-4-5-7-13/h8-9,13,16H,4-7H2,1-3H3/p-1. The van der Waals surface area contributed by atoms with E-state index < -0.39 is 0 Å². The Morgan fingerprint density at radius 3 is 2.18 bits per heavy atom. The first-order valence-electron chi connectivity index (χ1n) is 6.41. The number of hydrogen-bond donors (Lipinski definition) is 0. The van der Waals surface area contributed by atoms with E-state index in [1.165, 1.54) is 31.2 Å². The SMILES string of the molecule is Cc1cc(C)c(C([O-])=PC2CCCC2)c(C)c1. The number of rotatable bonds is 2. The Kier molecular flexibility index (Phi) is 4.01. The summed E-state index contributed by atoms with van der Waals surface area (Å²) >= 11 is 0. The summed E-state index contributed by atoms with van der Waals surface area (Å²) in [6, 6.07) is 4.23. The van der Waals surface area contributed by atoms with Crippen LogP contribution >= 0.6 is 8.20 Å². The van der Waals surface area contributed by atoms with E-state index in [2.05, 4.69) is 32.9 Å². The number of aryl methyl sites for hydroxylation is 3. The van der Waals surface area contributed by atoms with Crippen LogP contribution in [0.25, 0.3) is 0 Å². The fourth-order valence-corrected chi connectivity index (χ4v) is 4.22. The predicted molar refractivity (Wildman–Crippen MR) is 73.9 cm³/mol. The molecule has 0 atom stereocenters. The molecule has 0 spiro atoms. The smallest absolute Gasteiger partial charge is 0.0000723 e. The summed E-state index contributed by atoms with van der Waals surface area (Å²) in [5.41, 5.74) is 5.42. The van der Waals surface area contributed by atoms with Crippen LogP contribution in [-0.2, 0) is 0 Å². The Balaban J connectivity index is 2.32. The molecule has 1 aromatic rings. The lowest BCUT2D eigenvalue weighted by molar-refractivity contribution is -0.207. The van der Waals surface area contributed by atoms with Crippen molar-refractivity contribution in [2.45, 2.75) is 52.1 Å². The van der Waals surface area contributed by atoms with E-state index in [9.17, 15) is 5.11 Å². The number of benzene rings is 1. The first-order chi connectivity index (χ1) is 8.08. The highest BCUT2D eigenvalue weighted by molar-refractivity contribution is 7.41. The first-order valence-corrected chi connectivity index (χ1v) is 7.37. The highest BCUT2D eigenvalue weighted by Crippen LogP contribution is 2.30. The monoisotopic (exact) mass is 247 g/mol. The minimum atomic E-state index is 0.326. The van der Waals surface area contributed by atoms with E-state index in [-0.39, 0.29) is 0 Å². The molecule has 1 saturated carbocycles. The van der Waals surface area contributed by atoms with E-state index >= 15 is 0 Å². The topological polar surface area (TPSA) is 23.1 Å². The van der Waals surface area contributed by atoms with Crippen LogP contribution in [0, 0.1) is 20.8 Å². The van der Waals surface area contributed by atoms with Crippen LogP contribution < -0.4 is 5.11 Å². The second kappa shape index (κ2) is 5.33. The molecule has 1 aliphatic carbocycles. The Labute approximate surface area is 106 Å². The van der Waals surface area contributed by atoms with Crippen LogP contribution in [0.15, 0.2) is 12.1 Å². The zero-order chi connectivity index (χ0) is 12.4. The van der Waals surface area contributed by atoms with E-state index in [0.717, 1.165) is 24.9 Å². The van der Waals surface area contributed by atoms with E-state index in [0.29, 0.717) is 11.1 Å². The lowest BCUT2D eigenvalue weighted by atomic mass is 10.0. The van der Waals surface area contributed by atoms with Crippen molar-refractivity contribution < 1.29 is 5.11 Å². The molecular formula is C15H20OP-. The summed E-state index contributed by atoms with van der Waals surface area (Å²) in [6.07, 6.45) is 5.07. The van der Waals surface area contributed by atoms with Gasteiger partial charge in [0.05, 0.1) is 0 Å². The van der Waals surface area contributed by atoms with Crippen molar-refractivity contribution >= 4 is 13.7 Å². The molecule has 1 fully saturated rings. The van der Waals surface area contributed by atoms with Crippen LogP contribution in [0.3, 0.4) is 0 Å². The molecule has 0 saturated heterocycles. The Hall–Kier alpha value is -0.650. The molecule has 0 amide bonds. The zero-order valence-electron chi connectivity index (χ0n) is 10.9. The molecule has 1 aliphatic rings. The maximum absolute atomic E-state index is 12.3. The van der Waals surface area contributed by atoms with Gasteiger partial charge < -0.3 is 5.11 Å². The van der Waals surface area contributed by atoms with Crippen molar-refractivity contribution in [2.24, 2.45) is 0 Å². The number of hydrogen-bond acceptors (Lipinski definition) is 1. The molecule has 17 heavy (non-hydrogen) atoms. The fourth-order valence-electron chi connectivity index (χ4n) is 2.78. The maximum atomic E-state index is 12.3. The first kappa shape index (κ1) is 12.8. The van der Waals surface area contributed by atoms with Gasteiger partial charge in [-0.15, -0.1) is 13.7 Å². The van der Waals surface area contributed by atoms with E-state index in [1.807, 2.05) is 0 Å². The molecule has 0 N–H and O–H groups in total. The minimum Gasteiger partial charge on any atom is -0.824 e. The van der Waals surface area contributed by atoms with Crippen LogP contribution in [0.4, 0.5) is 0 Å². The van der Waals surface area contributed by atoms with Gasteiger partial charge in [0.25, 0.3) is 0 Å². The largest absolute Gasteiger partial charge is 0.824 e. The summed E-state index contributed by atoms with van der Waals surface area (Å²) in [5.74, 6) is 0. The lowest BCUT2D eigenvalue weighted by Gasteiger charge is -2.20. The average molecular weight is 247 g/mol. The molecule has 2 heteroatoms. The summed E-state index contributed by atoms with van der Waals surface area (Å²) in [4.78, 5) is 0. The van der Waals surface area contributed by atoms with Crippen molar-refractivity contribution in [3.05, 3.63) is 34.4 Å².